The predicted molar refractivity (Wildman–Crippen MR) is 102 cm³/mol. The molecule has 0 fully saturated rings. The minimum absolute atomic E-state index is 0.367. The standard InChI is InChI=1S/C18H21N3O4S/c1-14-5-4-6-15(11-14)12-19-20-18(22)13-21(26(3,23)24)16-7-9-17(25-2)10-8-16/h4-12H,13H2,1-3H3,(H,20,22)/b19-12+. The highest BCUT2D eigenvalue weighted by Crippen LogP contribution is 2.21. The molecule has 0 aliphatic heterocycles. The van der Waals surface area contributed by atoms with Crippen LogP contribution in [0.15, 0.2) is 53.6 Å². The van der Waals surface area contributed by atoms with E-state index in [4.69, 9.17) is 4.74 Å². The molecule has 0 bridgehead atoms. The monoisotopic (exact) mass is 375 g/mol. The molecule has 2 aromatic rings. The highest BCUT2D eigenvalue weighted by atomic mass is 32.2. The topological polar surface area (TPSA) is 88.1 Å². The number of anilines is 1. The molecule has 1 N–H and O–H groups in total. The number of amides is 1. The maximum atomic E-state index is 12.1. The first-order valence-corrected chi connectivity index (χ1v) is 9.65. The summed E-state index contributed by atoms with van der Waals surface area (Å²) in [6.45, 7) is 1.57. The number of rotatable bonds is 7. The summed E-state index contributed by atoms with van der Waals surface area (Å²) < 4.78 is 30.1. The average molecular weight is 375 g/mol. The molecular weight excluding hydrogens is 354 g/mol. The normalized spacial score (nSPS) is 11.3. The van der Waals surface area contributed by atoms with E-state index in [0.29, 0.717) is 11.4 Å². The molecule has 0 atom stereocenters. The molecule has 0 saturated carbocycles. The number of hydrogen-bond donors (Lipinski definition) is 1. The number of nitrogens with one attached hydrogen (secondary N) is 1. The largest absolute Gasteiger partial charge is 0.497 e. The van der Waals surface area contributed by atoms with Crippen molar-refractivity contribution in [2.45, 2.75) is 6.92 Å². The molecule has 2 aromatic carbocycles. The van der Waals surface area contributed by atoms with E-state index in [0.717, 1.165) is 21.7 Å². The third-order valence-corrected chi connectivity index (χ3v) is 4.63. The number of ether oxygens (including phenoxy) is 1. The SMILES string of the molecule is COc1ccc(N(CC(=O)N/N=C/c2cccc(C)c2)S(C)(=O)=O)cc1. The van der Waals surface area contributed by atoms with Crippen molar-refractivity contribution >= 4 is 27.8 Å². The van der Waals surface area contributed by atoms with E-state index in [9.17, 15) is 13.2 Å². The van der Waals surface area contributed by atoms with Crippen LogP contribution in [0.2, 0.25) is 0 Å². The zero-order valence-electron chi connectivity index (χ0n) is 14.8. The Morgan fingerprint density at radius 3 is 2.50 bits per heavy atom. The summed E-state index contributed by atoms with van der Waals surface area (Å²) in [5, 5.41) is 3.87. The number of sulfonamides is 1. The molecule has 7 nitrogen and oxygen atoms in total. The Hall–Kier alpha value is -2.87. The van der Waals surface area contributed by atoms with E-state index in [1.807, 2.05) is 31.2 Å². The Kier molecular flexibility index (Phi) is 6.35. The van der Waals surface area contributed by atoms with E-state index in [1.54, 1.807) is 24.3 Å². The lowest BCUT2D eigenvalue weighted by Gasteiger charge is -2.21. The summed E-state index contributed by atoms with van der Waals surface area (Å²) in [7, 11) is -2.12. The van der Waals surface area contributed by atoms with Gasteiger partial charge in [0.1, 0.15) is 12.3 Å². The summed E-state index contributed by atoms with van der Waals surface area (Å²) >= 11 is 0. The minimum Gasteiger partial charge on any atom is -0.497 e. The van der Waals surface area contributed by atoms with Gasteiger partial charge in [0.05, 0.1) is 25.3 Å². The Bertz CT molecular complexity index is 893. The summed E-state index contributed by atoms with van der Waals surface area (Å²) in [6, 6.07) is 14.0. The number of nitrogens with zero attached hydrogens (tertiary/aromatic N) is 2. The smallest absolute Gasteiger partial charge is 0.260 e. The summed E-state index contributed by atoms with van der Waals surface area (Å²) in [4.78, 5) is 12.1. The molecule has 0 saturated heterocycles. The molecule has 2 rings (SSSR count). The lowest BCUT2D eigenvalue weighted by Crippen LogP contribution is -2.39. The number of methoxy groups -OCH3 is 1. The highest BCUT2D eigenvalue weighted by Gasteiger charge is 2.20. The first kappa shape index (κ1) is 19.5. The summed E-state index contributed by atoms with van der Waals surface area (Å²) in [5.74, 6) is 0.0459. The third-order valence-electron chi connectivity index (χ3n) is 3.49. The molecule has 0 radical (unpaired) electrons. The molecule has 0 aliphatic rings. The number of carbonyl (C=O) groups excluding carboxylic acids is 1. The van der Waals surface area contributed by atoms with E-state index >= 15 is 0 Å². The number of benzene rings is 2. The first-order valence-electron chi connectivity index (χ1n) is 7.80. The van der Waals surface area contributed by atoms with Gasteiger partial charge in [-0.05, 0) is 36.8 Å². The molecule has 0 heterocycles. The first-order chi connectivity index (χ1) is 12.3. The van der Waals surface area contributed by atoms with Gasteiger partial charge in [-0.2, -0.15) is 5.10 Å². The summed E-state index contributed by atoms with van der Waals surface area (Å²) in [5.41, 5.74) is 4.62. The molecule has 0 aromatic heterocycles. The second-order valence-electron chi connectivity index (χ2n) is 5.67. The second-order valence-corrected chi connectivity index (χ2v) is 7.58. The molecule has 0 unspecified atom stereocenters. The van der Waals surface area contributed by atoms with Crippen LogP contribution < -0.4 is 14.5 Å². The molecule has 8 heteroatoms. The van der Waals surface area contributed by atoms with Crippen molar-refractivity contribution in [2.75, 3.05) is 24.2 Å². The molecule has 26 heavy (non-hydrogen) atoms. The number of carbonyl (C=O) groups is 1. The van der Waals surface area contributed by atoms with Gasteiger partial charge in [-0.3, -0.25) is 9.10 Å². The maximum Gasteiger partial charge on any atom is 0.260 e. The Labute approximate surface area is 153 Å². The molecule has 1 amide bonds. The minimum atomic E-state index is -3.64. The van der Waals surface area contributed by atoms with Gasteiger partial charge in [-0.1, -0.05) is 29.8 Å². The zero-order valence-corrected chi connectivity index (χ0v) is 15.7. The molecule has 138 valence electrons. The van der Waals surface area contributed by atoms with E-state index in [-0.39, 0.29) is 6.54 Å². The van der Waals surface area contributed by atoms with Gasteiger partial charge in [-0.15, -0.1) is 0 Å². The van der Waals surface area contributed by atoms with Crippen molar-refractivity contribution in [3.8, 4) is 5.75 Å². The Balaban J connectivity index is 2.06. The lowest BCUT2D eigenvalue weighted by molar-refractivity contribution is -0.119. The zero-order chi connectivity index (χ0) is 19.2. The number of aryl methyl sites for hydroxylation is 1. The Morgan fingerprint density at radius 1 is 1.23 bits per heavy atom. The molecule has 0 aliphatic carbocycles. The highest BCUT2D eigenvalue weighted by molar-refractivity contribution is 7.92. The van der Waals surface area contributed by atoms with E-state index < -0.39 is 15.9 Å². The van der Waals surface area contributed by atoms with E-state index in [1.165, 1.54) is 13.3 Å². The third kappa shape index (κ3) is 5.59. The van der Waals surface area contributed by atoms with Crippen LogP contribution in [0.25, 0.3) is 0 Å². The van der Waals surface area contributed by atoms with Crippen molar-refractivity contribution in [2.24, 2.45) is 5.10 Å². The Morgan fingerprint density at radius 2 is 1.92 bits per heavy atom. The van der Waals surface area contributed by atoms with Crippen molar-refractivity contribution in [3.63, 3.8) is 0 Å². The van der Waals surface area contributed by atoms with Crippen molar-refractivity contribution in [1.82, 2.24) is 5.43 Å². The fraction of sp³-hybridized carbons (Fsp3) is 0.222. The quantitative estimate of drug-likeness (QED) is 0.592. The van der Waals surface area contributed by atoms with Crippen molar-refractivity contribution in [1.29, 1.82) is 0 Å². The van der Waals surface area contributed by atoms with Crippen molar-refractivity contribution in [3.05, 3.63) is 59.7 Å². The fourth-order valence-corrected chi connectivity index (χ4v) is 3.10. The van der Waals surface area contributed by atoms with Gasteiger partial charge in [-0.25, -0.2) is 13.8 Å². The van der Waals surface area contributed by atoms with Crippen LogP contribution in [-0.2, 0) is 14.8 Å². The van der Waals surface area contributed by atoms with Gasteiger partial charge < -0.3 is 4.74 Å². The lowest BCUT2D eigenvalue weighted by atomic mass is 10.2. The van der Waals surface area contributed by atoms with Gasteiger partial charge >= 0.3 is 0 Å². The maximum absolute atomic E-state index is 12.1. The molecule has 0 spiro atoms. The van der Waals surface area contributed by atoms with Crippen LogP contribution in [0, 0.1) is 6.92 Å². The van der Waals surface area contributed by atoms with Gasteiger partial charge in [0.2, 0.25) is 10.0 Å². The number of hydrazone groups is 1. The van der Waals surface area contributed by atoms with Crippen LogP contribution in [0.3, 0.4) is 0 Å². The average Bonchev–Trinajstić information content (AvgIpc) is 2.59. The van der Waals surface area contributed by atoms with Gasteiger partial charge in [0, 0.05) is 0 Å². The van der Waals surface area contributed by atoms with Crippen LogP contribution in [0.1, 0.15) is 11.1 Å². The predicted octanol–water partition coefficient (Wildman–Crippen LogP) is 1.92. The number of hydrogen-bond acceptors (Lipinski definition) is 5. The van der Waals surface area contributed by atoms with Gasteiger partial charge in [0.25, 0.3) is 5.91 Å². The summed E-state index contributed by atoms with van der Waals surface area (Å²) in [6.07, 6.45) is 2.55. The van der Waals surface area contributed by atoms with Gasteiger partial charge in [0.15, 0.2) is 0 Å². The van der Waals surface area contributed by atoms with Crippen LogP contribution in [0.5, 0.6) is 5.75 Å². The second kappa shape index (κ2) is 8.48. The van der Waals surface area contributed by atoms with Crippen LogP contribution in [0.4, 0.5) is 5.69 Å². The fourth-order valence-electron chi connectivity index (χ4n) is 2.24. The van der Waals surface area contributed by atoms with E-state index in [2.05, 4.69) is 10.5 Å². The van der Waals surface area contributed by atoms with Crippen molar-refractivity contribution < 1.29 is 17.9 Å². The van der Waals surface area contributed by atoms with Crippen LogP contribution >= 0.6 is 0 Å². The van der Waals surface area contributed by atoms with Crippen LogP contribution in [-0.4, -0.2) is 40.4 Å². The molecular formula is C18H21N3O4S.